The minimum absolute atomic E-state index is 0.0237. The average Bonchev–Trinajstić information content (AvgIpc) is 2.85. The predicted molar refractivity (Wildman–Crippen MR) is 143 cm³/mol. The first kappa shape index (κ1) is 31.3. The molecule has 4 N–H and O–H groups in total. The highest BCUT2D eigenvalue weighted by atomic mass is 16.6. The average molecular weight is 534 g/mol. The molecule has 2 rings (SSSR count). The number of rotatable bonds is 3. The van der Waals surface area contributed by atoms with Crippen LogP contribution in [0.4, 0.5) is 4.79 Å². The Bertz CT molecular complexity index is 1000. The van der Waals surface area contributed by atoms with Crippen molar-refractivity contribution in [3.8, 4) is 5.75 Å². The number of aliphatic hydroxyl groups excluding tert-OH is 1. The molecule has 1 aromatic carbocycles. The second-order valence-corrected chi connectivity index (χ2v) is 10.3. The number of hydrogen-bond acceptors (Lipinski definition) is 8. The van der Waals surface area contributed by atoms with Gasteiger partial charge in [0.25, 0.3) is 0 Å². The van der Waals surface area contributed by atoms with Crippen molar-refractivity contribution in [3.05, 3.63) is 52.6 Å². The number of phenolic OH excluding ortho intramolecular Hbond substituents is 1. The van der Waals surface area contributed by atoms with Crippen molar-refractivity contribution in [2.45, 2.75) is 84.4 Å². The Balaban J connectivity index is 2.43. The molecular formula is C29H43NO8. The van der Waals surface area contributed by atoms with Gasteiger partial charge >= 0.3 is 12.1 Å². The molecule has 0 spiro atoms. The van der Waals surface area contributed by atoms with Crippen molar-refractivity contribution in [2.75, 3.05) is 14.2 Å². The third-order valence-electron chi connectivity index (χ3n) is 6.93. The molecule has 0 unspecified atom stereocenters. The highest BCUT2D eigenvalue weighted by molar-refractivity contribution is 5.87. The second kappa shape index (κ2) is 14.9. The number of primary amides is 1. The van der Waals surface area contributed by atoms with E-state index in [1.54, 1.807) is 39.2 Å². The number of aromatic hydroxyl groups is 1. The Morgan fingerprint density at radius 3 is 2.37 bits per heavy atom. The van der Waals surface area contributed by atoms with E-state index in [0.29, 0.717) is 42.4 Å². The van der Waals surface area contributed by atoms with Crippen LogP contribution in [0.5, 0.6) is 5.75 Å². The lowest BCUT2D eigenvalue weighted by atomic mass is 9.88. The number of esters is 1. The standard InChI is InChI=1S/C29H43NO8/c1-17-10-21-13-22(15-23(31)14-21)16-37-28(33)18(2)8-7-9-24(35-5)27(38-29(30)34)20(4)12-19(3)26(32)25(11-17)36-6/h8,12-15,17,19,24-27,31-32H,7,9-11,16H2,1-6H3,(H2,30,34)/b18-8+,20-12+/t17-,19+,24+,25+,26-,27+/m1/s1. The van der Waals surface area contributed by atoms with Gasteiger partial charge in [0.2, 0.25) is 0 Å². The molecule has 0 aromatic heterocycles. The summed E-state index contributed by atoms with van der Waals surface area (Å²) in [5, 5.41) is 21.4. The van der Waals surface area contributed by atoms with E-state index < -0.39 is 36.5 Å². The van der Waals surface area contributed by atoms with Crippen molar-refractivity contribution < 1.29 is 38.7 Å². The molecular weight excluding hydrogens is 490 g/mol. The van der Waals surface area contributed by atoms with Crippen LogP contribution in [0.1, 0.15) is 58.1 Å². The summed E-state index contributed by atoms with van der Waals surface area (Å²) in [6.07, 6.45) is 2.21. The van der Waals surface area contributed by atoms with Gasteiger partial charge < -0.3 is 34.9 Å². The van der Waals surface area contributed by atoms with E-state index in [0.717, 1.165) is 5.56 Å². The van der Waals surface area contributed by atoms with Crippen LogP contribution in [0.25, 0.3) is 0 Å². The van der Waals surface area contributed by atoms with Gasteiger partial charge in [0.15, 0.2) is 6.10 Å². The molecule has 38 heavy (non-hydrogen) atoms. The van der Waals surface area contributed by atoms with E-state index in [2.05, 4.69) is 0 Å². The molecule has 1 amide bonds. The van der Waals surface area contributed by atoms with Gasteiger partial charge in [-0.2, -0.15) is 0 Å². The summed E-state index contributed by atoms with van der Waals surface area (Å²) in [6.45, 7) is 7.42. The summed E-state index contributed by atoms with van der Waals surface area (Å²) in [5.74, 6) is -0.563. The van der Waals surface area contributed by atoms with Gasteiger partial charge in [0.1, 0.15) is 12.4 Å². The molecule has 9 nitrogen and oxygen atoms in total. The second-order valence-electron chi connectivity index (χ2n) is 10.3. The molecule has 1 aliphatic rings. The van der Waals surface area contributed by atoms with Crippen molar-refractivity contribution in [1.82, 2.24) is 0 Å². The minimum Gasteiger partial charge on any atom is -0.508 e. The van der Waals surface area contributed by atoms with Gasteiger partial charge in [-0.25, -0.2) is 9.59 Å². The molecule has 1 heterocycles. The number of allylic oxidation sites excluding steroid dienone is 1. The number of aliphatic hydroxyl groups is 1. The molecule has 1 aliphatic heterocycles. The zero-order valence-corrected chi connectivity index (χ0v) is 23.3. The van der Waals surface area contributed by atoms with Crippen molar-refractivity contribution >= 4 is 12.1 Å². The van der Waals surface area contributed by atoms with Gasteiger partial charge in [0.05, 0.1) is 18.3 Å². The molecule has 9 heteroatoms. The molecule has 6 atom stereocenters. The molecule has 1 aromatic rings. The monoisotopic (exact) mass is 533 g/mol. The zero-order valence-electron chi connectivity index (χ0n) is 23.3. The van der Waals surface area contributed by atoms with Crippen molar-refractivity contribution in [1.29, 1.82) is 0 Å². The van der Waals surface area contributed by atoms with E-state index in [-0.39, 0.29) is 24.2 Å². The number of nitrogens with two attached hydrogens (primary N) is 1. The fourth-order valence-electron chi connectivity index (χ4n) is 4.94. The van der Waals surface area contributed by atoms with E-state index in [4.69, 9.17) is 24.7 Å². The van der Waals surface area contributed by atoms with E-state index in [9.17, 15) is 19.8 Å². The maximum absolute atomic E-state index is 12.6. The zero-order chi connectivity index (χ0) is 28.4. The maximum Gasteiger partial charge on any atom is 0.405 e. The third kappa shape index (κ3) is 9.45. The summed E-state index contributed by atoms with van der Waals surface area (Å²) in [4.78, 5) is 24.2. The van der Waals surface area contributed by atoms with E-state index >= 15 is 0 Å². The van der Waals surface area contributed by atoms with Crippen LogP contribution in [0, 0.1) is 11.8 Å². The normalized spacial score (nSPS) is 31.2. The van der Waals surface area contributed by atoms with E-state index in [1.807, 2.05) is 26.0 Å². The molecule has 212 valence electrons. The molecule has 0 saturated heterocycles. The number of carbonyl (C=O) groups excluding carboxylic acids is 2. The first-order valence-electron chi connectivity index (χ1n) is 13.0. The summed E-state index contributed by atoms with van der Waals surface area (Å²) in [6, 6.07) is 5.18. The van der Waals surface area contributed by atoms with Crippen LogP contribution >= 0.6 is 0 Å². The van der Waals surface area contributed by atoms with Crippen molar-refractivity contribution in [2.24, 2.45) is 17.6 Å². The maximum atomic E-state index is 12.6. The third-order valence-corrected chi connectivity index (χ3v) is 6.93. The summed E-state index contributed by atoms with van der Waals surface area (Å²) in [5.41, 5.74) is 8.06. The number of hydrogen-bond donors (Lipinski definition) is 3. The Hall–Kier alpha value is -2.88. The smallest absolute Gasteiger partial charge is 0.405 e. The first-order valence-corrected chi connectivity index (χ1v) is 13.0. The summed E-state index contributed by atoms with van der Waals surface area (Å²) < 4.78 is 22.2. The summed E-state index contributed by atoms with van der Waals surface area (Å²) in [7, 11) is 3.08. The van der Waals surface area contributed by atoms with Gasteiger partial charge in [-0.05, 0) is 74.3 Å². The largest absolute Gasteiger partial charge is 0.508 e. The quantitative estimate of drug-likeness (QED) is 0.389. The van der Waals surface area contributed by atoms with Crippen LogP contribution in [0.3, 0.4) is 0 Å². The molecule has 0 fully saturated rings. The van der Waals surface area contributed by atoms with Crippen LogP contribution in [0.2, 0.25) is 0 Å². The Kier molecular flexibility index (Phi) is 12.3. The van der Waals surface area contributed by atoms with Gasteiger partial charge in [0, 0.05) is 25.7 Å². The predicted octanol–water partition coefficient (Wildman–Crippen LogP) is 4.18. The Morgan fingerprint density at radius 1 is 1.08 bits per heavy atom. The summed E-state index contributed by atoms with van der Waals surface area (Å²) >= 11 is 0. The topological polar surface area (TPSA) is 138 Å². The highest BCUT2D eigenvalue weighted by Gasteiger charge is 2.30. The van der Waals surface area contributed by atoms with Crippen LogP contribution in [-0.4, -0.2) is 60.9 Å². The fourth-order valence-corrected chi connectivity index (χ4v) is 4.94. The number of fused-ring (bicyclic) bond motifs is 2. The highest BCUT2D eigenvalue weighted by Crippen LogP contribution is 2.26. The Labute approximate surface area is 225 Å². The first-order chi connectivity index (χ1) is 17.9. The number of phenols is 1. The molecule has 0 radical (unpaired) electrons. The fraction of sp³-hybridized carbons (Fsp3) is 0.586. The molecule has 0 saturated carbocycles. The van der Waals surface area contributed by atoms with E-state index in [1.165, 1.54) is 7.11 Å². The van der Waals surface area contributed by atoms with Crippen LogP contribution in [0.15, 0.2) is 41.5 Å². The van der Waals surface area contributed by atoms with Gasteiger partial charge in [-0.1, -0.05) is 32.1 Å². The lowest BCUT2D eigenvalue weighted by Crippen LogP contribution is -2.37. The van der Waals surface area contributed by atoms with Crippen LogP contribution < -0.4 is 5.73 Å². The van der Waals surface area contributed by atoms with Gasteiger partial charge in [-0.15, -0.1) is 0 Å². The number of ether oxygens (including phenoxy) is 4. The number of amides is 1. The number of carbonyl (C=O) groups is 2. The SMILES string of the molecule is CO[C@H]1C[C@H](C)Cc2cc(O)cc(c2)COC(=O)/C(C)=C/CC[C@H](OC)[C@@H](OC(N)=O)/C(C)=C/[C@H](C)[C@H]1O. The minimum atomic E-state index is -0.930. The Morgan fingerprint density at radius 2 is 1.74 bits per heavy atom. The number of cyclic esters (lactones) is 1. The number of benzene rings is 1. The van der Waals surface area contributed by atoms with Crippen LogP contribution in [-0.2, 0) is 36.8 Å². The number of methoxy groups -OCH3 is 2. The van der Waals surface area contributed by atoms with Crippen molar-refractivity contribution in [3.63, 3.8) is 0 Å². The van der Waals surface area contributed by atoms with Gasteiger partial charge in [-0.3, -0.25) is 0 Å². The molecule has 0 aliphatic carbocycles. The lowest BCUT2D eigenvalue weighted by Gasteiger charge is -2.30. The lowest BCUT2D eigenvalue weighted by molar-refractivity contribution is -0.140. The molecule has 2 bridgehead atoms.